The first-order chi connectivity index (χ1) is 8.20. The number of methoxy groups -OCH3 is 1. The van der Waals surface area contributed by atoms with Crippen LogP contribution in [0.2, 0.25) is 5.15 Å². The monoisotopic (exact) mass is 289 g/mol. The fraction of sp³-hybridized carbons (Fsp3) is 0.222. The van der Waals surface area contributed by atoms with Crippen molar-refractivity contribution in [3.05, 3.63) is 26.6 Å². The molecule has 2 aromatic rings. The highest BCUT2D eigenvalue weighted by Crippen LogP contribution is 2.27. The molecule has 2 aromatic heterocycles. The number of carbonyl (C=O) groups is 1. The highest BCUT2D eigenvalue weighted by atomic mass is 35.5. The van der Waals surface area contributed by atoms with Crippen molar-refractivity contribution in [3.8, 4) is 0 Å². The van der Waals surface area contributed by atoms with E-state index in [0.29, 0.717) is 16.6 Å². The summed E-state index contributed by atoms with van der Waals surface area (Å²) in [6.07, 6.45) is 1.73. The molecular weight excluding hydrogens is 282 g/mol. The van der Waals surface area contributed by atoms with Crippen molar-refractivity contribution < 1.29 is 9.53 Å². The molecule has 17 heavy (non-hydrogen) atoms. The van der Waals surface area contributed by atoms with Crippen LogP contribution in [0.1, 0.15) is 14.7 Å². The van der Waals surface area contributed by atoms with E-state index in [9.17, 15) is 4.79 Å². The molecule has 0 atom stereocenters. The number of ether oxygens (including phenoxy) is 1. The molecular formula is C9H8ClN3O2S2. The van der Waals surface area contributed by atoms with Gasteiger partial charge < -0.3 is 10.1 Å². The standard InChI is InChI=1S/C9H8ClN3O2S2/c1-15-8(14)6-7(10)13-9(17-6)12-4-5-11-2-3-16-5/h2-3H,4H2,1H3,(H,12,13). The third-order valence-corrected chi connectivity index (χ3v) is 3.99. The molecule has 5 nitrogen and oxygen atoms in total. The maximum atomic E-state index is 11.3. The summed E-state index contributed by atoms with van der Waals surface area (Å²) in [7, 11) is 1.31. The average molecular weight is 290 g/mol. The van der Waals surface area contributed by atoms with Crippen molar-refractivity contribution in [1.82, 2.24) is 9.97 Å². The fourth-order valence-corrected chi connectivity index (χ4v) is 2.74. The highest BCUT2D eigenvalue weighted by molar-refractivity contribution is 7.18. The first kappa shape index (κ1) is 12.3. The van der Waals surface area contributed by atoms with Crippen LogP contribution in [-0.4, -0.2) is 23.0 Å². The molecule has 0 aliphatic heterocycles. The lowest BCUT2D eigenvalue weighted by molar-refractivity contribution is 0.0606. The number of hydrogen-bond acceptors (Lipinski definition) is 7. The third-order valence-electron chi connectivity index (χ3n) is 1.83. The van der Waals surface area contributed by atoms with Crippen LogP contribution in [0.25, 0.3) is 0 Å². The maximum Gasteiger partial charge on any atom is 0.351 e. The van der Waals surface area contributed by atoms with Gasteiger partial charge in [-0.15, -0.1) is 11.3 Å². The Labute approximate surface area is 110 Å². The van der Waals surface area contributed by atoms with Crippen LogP contribution in [0.15, 0.2) is 11.6 Å². The summed E-state index contributed by atoms with van der Waals surface area (Å²) in [6, 6.07) is 0. The summed E-state index contributed by atoms with van der Waals surface area (Å²) in [5.74, 6) is -0.477. The second-order valence-corrected chi connectivity index (χ2v) is 5.25. The molecule has 8 heteroatoms. The van der Waals surface area contributed by atoms with E-state index in [-0.39, 0.29) is 5.15 Å². The Morgan fingerprint density at radius 2 is 2.47 bits per heavy atom. The molecule has 0 spiro atoms. The van der Waals surface area contributed by atoms with E-state index in [1.807, 2.05) is 5.38 Å². The molecule has 0 unspecified atom stereocenters. The Morgan fingerprint density at radius 1 is 1.65 bits per heavy atom. The molecule has 1 N–H and O–H groups in total. The predicted molar refractivity (Wildman–Crippen MR) is 67.9 cm³/mol. The number of nitrogens with zero attached hydrogens (tertiary/aromatic N) is 2. The highest BCUT2D eigenvalue weighted by Gasteiger charge is 2.17. The largest absolute Gasteiger partial charge is 0.465 e. The molecule has 0 radical (unpaired) electrons. The number of aromatic nitrogens is 2. The zero-order chi connectivity index (χ0) is 12.3. The zero-order valence-electron chi connectivity index (χ0n) is 8.77. The van der Waals surface area contributed by atoms with Crippen LogP contribution in [0.3, 0.4) is 0 Å². The number of esters is 1. The number of nitrogens with one attached hydrogen (secondary N) is 1. The van der Waals surface area contributed by atoms with Crippen LogP contribution < -0.4 is 5.32 Å². The Hall–Kier alpha value is -1.18. The van der Waals surface area contributed by atoms with E-state index in [2.05, 4.69) is 20.0 Å². The minimum absolute atomic E-state index is 0.156. The van der Waals surface area contributed by atoms with Gasteiger partial charge in [-0.25, -0.2) is 14.8 Å². The predicted octanol–water partition coefficient (Wildman–Crippen LogP) is 2.65. The van der Waals surface area contributed by atoms with Crippen molar-refractivity contribution in [3.63, 3.8) is 0 Å². The van der Waals surface area contributed by atoms with Gasteiger partial charge in [0, 0.05) is 11.6 Å². The van der Waals surface area contributed by atoms with Crippen LogP contribution in [0.5, 0.6) is 0 Å². The van der Waals surface area contributed by atoms with Gasteiger partial charge in [0.25, 0.3) is 0 Å². The summed E-state index contributed by atoms with van der Waals surface area (Å²) < 4.78 is 4.59. The van der Waals surface area contributed by atoms with Crippen molar-refractivity contribution in [2.75, 3.05) is 12.4 Å². The van der Waals surface area contributed by atoms with E-state index >= 15 is 0 Å². The van der Waals surface area contributed by atoms with Crippen molar-refractivity contribution in [1.29, 1.82) is 0 Å². The van der Waals surface area contributed by atoms with Crippen LogP contribution in [0, 0.1) is 0 Å². The Kier molecular flexibility index (Phi) is 3.93. The van der Waals surface area contributed by atoms with E-state index < -0.39 is 5.97 Å². The number of rotatable bonds is 4. The maximum absolute atomic E-state index is 11.3. The quantitative estimate of drug-likeness (QED) is 0.877. The van der Waals surface area contributed by atoms with Gasteiger partial charge in [-0.1, -0.05) is 22.9 Å². The van der Waals surface area contributed by atoms with Gasteiger partial charge in [-0.2, -0.15) is 0 Å². The number of anilines is 1. The van der Waals surface area contributed by atoms with Crippen molar-refractivity contribution in [2.45, 2.75) is 6.54 Å². The lowest BCUT2D eigenvalue weighted by atomic mass is 10.6. The smallest absolute Gasteiger partial charge is 0.351 e. The number of thiazole rings is 2. The lowest BCUT2D eigenvalue weighted by Crippen LogP contribution is -1.98. The second kappa shape index (κ2) is 5.44. The summed E-state index contributed by atoms with van der Waals surface area (Å²) in [6.45, 7) is 0.558. The van der Waals surface area contributed by atoms with Gasteiger partial charge >= 0.3 is 5.97 Å². The molecule has 0 saturated heterocycles. The van der Waals surface area contributed by atoms with Gasteiger partial charge in [0.15, 0.2) is 15.2 Å². The third kappa shape index (κ3) is 2.93. The molecule has 0 amide bonds. The minimum atomic E-state index is -0.477. The zero-order valence-corrected chi connectivity index (χ0v) is 11.2. The number of carbonyl (C=O) groups excluding carboxylic acids is 1. The normalized spacial score (nSPS) is 10.2. The molecule has 2 rings (SSSR count). The number of halogens is 1. The first-order valence-electron chi connectivity index (χ1n) is 4.57. The van der Waals surface area contributed by atoms with E-state index in [0.717, 1.165) is 16.3 Å². The molecule has 2 heterocycles. The fourth-order valence-electron chi connectivity index (χ4n) is 1.09. The van der Waals surface area contributed by atoms with Gasteiger partial charge in [0.05, 0.1) is 13.7 Å². The summed E-state index contributed by atoms with van der Waals surface area (Å²) in [4.78, 5) is 19.8. The molecule has 90 valence electrons. The van der Waals surface area contributed by atoms with Gasteiger partial charge in [0.2, 0.25) is 0 Å². The van der Waals surface area contributed by atoms with Crippen LogP contribution in [0.4, 0.5) is 5.13 Å². The second-order valence-electron chi connectivity index (χ2n) is 2.91. The Morgan fingerprint density at radius 3 is 3.12 bits per heavy atom. The van der Waals surface area contributed by atoms with Crippen LogP contribution >= 0.6 is 34.3 Å². The van der Waals surface area contributed by atoms with E-state index in [1.165, 1.54) is 7.11 Å². The average Bonchev–Trinajstić information content (AvgIpc) is 2.94. The summed E-state index contributed by atoms with van der Waals surface area (Å²) in [5, 5.41) is 6.62. The number of hydrogen-bond donors (Lipinski definition) is 1. The molecule has 0 aliphatic rings. The molecule has 0 fully saturated rings. The van der Waals surface area contributed by atoms with Crippen molar-refractivity contribution in [2.24, 2.45) is 0 Å². The summed E-state index contributed by atoms with van der Waals surface area (Å²) in [5.41, 5.74) is 0. The van der Waals surface area contributed by atoms with Gasteiger partial charge in [0.1, 0.15) is 5.01 Å². The molecule has 0 aliphatic carbocycles. The Bertz CT molecular complexity index is 512. The van der Waals surface area contributed by atoms with Gasteiger partial charge in [-0.05, 0) is 0 Å². The molecule has 0 aromatic carbocycles. The Balaban J connectivity index is 2.05. The van der Waals surface area contributed by atoms with Crippen LogP contribution in [-0.2, 0) is 11.3 Å². The minimum Gasteiger partial charge on any atom is -0.465 e. The topological polar surface area (TPSA) is 64.1 Å². The lowest BCUT2D eigenvalue weighted by Gasteiger charge is -1.97. The van der Waals surface area contributed by atoms with Gasteiger partial charge in [-0.3, -0.25) is 0 Å². The first-order valence-corrected chi connectivity index (χ1v) is 6.65. The molecule has 0 bridgehead atoms. The van der Waals surface area contributed by atoms with Crippen molar-refractivity contribution >= 4 is 45.4 Å². The van der Waals surface area contributed by atoms with E-state index in [4.69, 9.17) is 11.6 Å². The van der Waals surface area contributed by atoms with E-state index in [1.54, 1.807) is 17.5 Å². The summed E-state index contributed by atoms with van der Waals surface area (Å²) >= 11 is 8.53. The SMILES string of the molecule is COC(=O)c1sc(NCc2nccs2)nc1Cl. The molecule has 0 saturated carbocycles.